The molecule has 0 aliphatic heterocycles. The molecule has 0 atom stereocenters. The molecule has 0 fully saturated rings. The average Bonchev–Trinajstić information content (AvgIpc) is 2.19. The average molecular weight is 299 g/mol. The van der Waals surface area contributed by atoms with Gasteiger partial charge in [-0.15, -0.1) is 0 Å². The molecule has 0 saturated heterocycles. The van der Waals surface area contributed by atoms with E-state index < -0.39 is 30.5 Å². The van der Waals surface area contributed by atoms with E-state index in [0.717, 1.165) is 11.8 Å². The third-order valence-electron chi connectivity index (χ3n) is 1.75. The predicted octanol–water partition coefficient (Wildman–Crippen LogP) is 1.51. The quantitative estimate of drug-likeness (QED) is 0.438. The van der Waals surface area contributed by atoms with Gasteiger partial charge in [0.1, 0.15) is 6.61 Å². The highest BCUT2D eigenvalue weighted by Crippen LogP contribution is 2.41. The van der Waals surface area contributed by atoms with Gasteiger partial charge < -0.3 is 9.84 Å². The number of rotatable bonds is 5. The highest BCUT2D eigenvalue weighted by Gasteiger charge is 2.68. The number of alkyl halides is 6. The van der Waals surface area contributed by atoms with Crippen LogP contribution in [-0.4, -0.2) is 42.0 Å². The number of ether oxygens (including phenoxy) is 1. The molecule has 0 heterocycles. The first-order valence-electron chi connectivity index (χ1n) is 4.57. The number of hydrogen-bond donors (Lipinski definition) is 0. The molecule has 0 bridgehead atoms. The molecule has 0 aliphatic rings. The van der Waals surface area contributed by atoms with E-state index in [1.54, 1.807) is 6.92 Å². The Morgan fingerprint density at radius 3 is 1.94 bits per heavy atom. The van der Waals surface area contributed by atoms with Gasteiger partial charge in [-0.25, -0.2) is 0 Å². The lowest BCUT2D eigenvalue weighted by atomic mass is 10.0. The van der Waals surface area contributed by atoms with E-state index in [1.165, 1.54) is 0 Å². The largest absolute Gasteiger partial charge is 0.828 e. The SMILES string of the molecule is CCSCCOC(=O)C([O-])(C(F)(F)F)C(F)(F)F. The highest BCUT2D eigenvalue weighted by atomic mass is 32.2. The Balaban J connectivity index is 4.86. The summed E-state index contributed by atoms with van der Waals surface area (Å²) in [5.41, 5.74) is -5.74. The number of halogens is 6. The molecule has 0 amide bonds. The number of carbonyl (C=O) groups excluding carboxylic acids is 1. The van der Waals surface area contributed by atoms with E-state index in [1.807, 2.05) is 0 Å². The van der Waals surface area contributed by atoms with Crippen LogP contribution in [-0.2, 0) is 9.53 Å². The summed E-state index contributed by atoms with van der Waals surface area (Å²) in [6.45, 7) is 1.00. The third-order valence-corrected chi connectivity index (χ3v) is 2.61. The van der Waals surface area contributed by atoms with Crippen LogP contribution in [0.5, 0.6) is 0 Å². The van der Waals surface area contributed by atoms with Gasteiger partial charge in [-0.05, 0) is 5.75 Å². The monoisotopic (exact) mass is 299 g/mol. The van der Waals surface area contributed by atoms with Crippen LogP contribution >= 0.6 is 11.8 Å². The number of hydrogen-bond acceptors (Lipinski definition) is 4. The maximum Gasteiger partial charge on any atom is 0.399 e. The summed E-state index contributed by atoms with van der Waals surface area (Å²) >= 11 is 1.13. The molecule has 0 saturated carbocycles. The van der Waals surface area contributed by atoms with Gasteiger partial charge >= 0.3 is 18.3 Å². The van der Waals surface area contributed by atoms with Crippen molar-refractivity contribution in [2.45, 2.75) is 24.9 Å². The minimum atomic E-state index is -6.31. The molecular formula is C8H9F6O3S-. The summed E-state index contributed by atoms with van der Waals surface area (Å²) in [6, 6.07) is 0. The number of esters is 1. The Kier molecular flexibility index (Phi) is 5.79. The lowest BCUT2D eigenvalue weighted by Gasteiger charge is -2.40. The molecule has 0 aromatic rings. The Morgan fingerprint density at radius 1 is 1.17 bits per heavy atom. The molecule has 0 aliphatic carbocycles. The summed E-state index contributed by atoms with van der Waals surface area (Å²) in [4.78, 5) is 10.7. The third kappa shape index (κ3) is 3.67. The minimum Gasteiger partial charge on any atom is -0.828 e. The van der Waals surface area contributed by atoms with E-state index in [0.29, 0.717) is 5.75 Å². The Labute approximate surface area is 102 Å². The summed E-state index contributed by atoms with van der Waals surface area (Å²) in [5, 5.41) is 10.8. The summed E-state index contributed by atoms with van der Waals surface area (Å²) < 4.78 is 76.3. The van der Waals surface area contributed by atoms with Gasteiger partial charge in [0.15, 0.2) is 5.60 Å². The van der Waals surface area contributed by atoms with Crippen LogP contribution in [0.1, 0.15) is 6.92 Å². The van der Waals surface area contributed by atoms with Crippen LogP contribution in [0.3, 0.4) is 0 Å². The first-order valence-corrected chi connectivity index (χ1v) is 5.72. The molecule has 0 aromatic carbocycles. The first kappa shape index (κ1) is 17.4. The number of thioether (sulfide) groups is 1. The van der Waals surface area contributed by atoms with Gasteiger partial charge in [0.25, 0.3) is 0 Å². The zero-order chi connectivity index (χ0) is 14.6. The lowest BCUT2D eigenvalue weighted by Crippen LogP contribution is -2.71. The van der Waals surface area contributed by atoms with Crippen molar-refractivity contribution in [1.82, 2.24) is 0 Å². The van der Waals surface area contributed by atoms with E-state index in [2.05, 4.69) is 4.74 Å². The van der Waals surface area contributed by atoms with Crippen LogP contribution in [0.25, 0.3) is 0 Å². The second kappa shape index (κ2) is 6.00. The van der Waals surface area contributed by atoms with Crippen LogP contribution < -0.4 is 5.11 Å². The van der Waals surface area contributed by atoms with Crippen LogP contribution in [0.2, 0.25) is 0 Å². The maximum atomic E-state index is 12.1. The molecule has 10 heteroatoms. The molecule has 18 heavy (non-hydrogen) atoms. The van der Waals surface area contributed by atoms with Crippen molar-refractivity contribution in [2.24, 2.45) is 0 Å². The maximum absolute atomic E-state index is 12.1. The molecule has 0 aromatic heterocycles. The Bertz CT molecular complexity index is 274. The smallest absolute Gasteiger partial charge is 0.399 e. The van der Waals surface area contributed by atoms with Gasteiger partial charge in [0.05, 0.1) is 0 Å². The molecule has 108 valence electrons. The molecule has 0 N–H and O–H groups in total. The van der Waals surface area contributed by atoms with E-state index in [9.17, 15) is 36.2 Å². The van der Waals surface area contributed by atoms with Crippen LogP contribution in [0, 0.1) is 0 Å². The fraction of sp³-hybridized carbons (Fsp3) is 0.875. The second-order valence-electron chi connectivity index (χ2n) is 3.01. The second-order valence-corrected chi connectivity index (χ2v) is 4.40. The van der Waals surface area contributed by atoms with Crippen molar-refractivity contribution >= 4 is 17.7 Å². The molecule has 3 nitrogen and oxygen atoms in total. The zero-order valence-corrected chi connectivity index (χ0v) is 9.84. The standard InChI is InChI=1S/C8H9F6O3S/c1-2-18-4-3-17-5(15)6(16,7(9,10)11)8(12,13)14/h2-4H2,1H3/q-1. The molecule has 0 radical (unpaired) electrons. The van der Waals surface area contributed by atoms with Gasteiger partial charge in [-0.1, -0.05) is 6.92 Å². The fourth-order valence-electron chi connectivity index (χ4n) is 0.831. The summed E-state index contributed by atoms with van der Waals surface area (Å²) in [6.07, 6.45) is -12.6. The topological polar surface area (TPSA) is 49.4 Å². The van der Waals surface area contributed by atoms with Gasteiger partial charge in [-0.3, -0.25) is 4.79 Å². The van der Waals surface area contributed by atoms with E-state index in [4.69, 9.17) is 0 Å². The van der Waals surface area contributed by atoms with Crippen molar-refractivity contribution in [3.05, 3.63) is 0 Å². The molecule has 0 rings (SSSR count). The Morgan fingerprint density at radius 2 is 1.61 bits per heavy atom. The van der Waals surface area contributed by atoms with Crippen molar-refractivity contribution in [2.75, 3.05) is 18.1 Å². The molecule has 0 spiro atoms. The zero-order valence-electron chi connectivity index (χ0n) is 9.02. The molecule has 0 unspecified atom stereocenters. The predicted molar refractivity (Wildman–Crippen MR) is 48.8 cm³/mol. The minimum absolute atomic E-state index is 0.00797. The lowest BCUT2D eigenvalue weighted by molar-refractivity contribution is -0.574. The Hall–Kier alpha value is -0.640. The normalized spacial score (nSPS) is 13.6. The van der Waals surface area contributed by atoms with Gasteiger partial charge in [0, 0.05) is 5.75 Å². The van der Waals surface area contributed by atoms with Crippen molar-refractivity contribution < 1.29 is 41.0 Å². The van der Waals surface area contributed by atoms with E-state index >= 15 is 0 Å². The van der Waals surface area contributed by atoms with Crippen molar-refractivity contribution in [1.29, 1.82) is 0 Å². The number of carbonyl (C=O) groups is 1. The fourth-order valence-corrected chi connectivity index (χ4v) is 1.32. The first-order chi connectivity index (χ1) is 7.98. The highest BCUT2D eigenvalue weighted by molar-refractivity contribution is 7.99. The van der Waals surface area contributed by atoms with Crippen molar-refractivity contribution in [3.8, 4) is 0 Å². The summed E-state index contributed by atoms with van der Waals surface area (Å²) in [5.74, 6) is -2.33. The summed E-state index contributed by atoms with van der Waals surface area (Å²) in [7, 11) is 0. The van der Waals surface area contributed by atoms with Gasteiger partial charge in [0.2, 0.25) is 0 Å². The van der Waals surface area contributed by atoms with Crippen LogP contribution in [0.4, 0.5) is 26.3 Å². The van der Waals surface area contributed by atoms with Gasteiger partial charge in [-0.2, -0.15) is 38.1 Å². The van der Waals surface area contributed by atoms with Crippen LogP contribution in [0.15, 0.2) is 0 Å². The van der Waals surface area contributed by atoms with Crippen molar-refractivity contribution in [3.63, 3.8) is 0 Å². The molecular weight excluding hydrogens is 290 g/mol. The van der Waals surface area contributed by atoms with E-state index in [-0.39, 0.29) is 5.75 Å².